The van der Waals surface area contributed by atoms with Crippen LogP contribution in [0.25, 0.3) is 0 Å². The van der Waals surface area contributed by atoms with Gasteiger partial charge in [0.15, 0.2) is 34.0 Å². The molecule has 1 aromatic rings. The number of aryl methyl sites for hydroxylation is 1. The van der Waals surface area contributed by atoms with Crippen LogP contribution < -0.4 is 4.74 Å². The minimum Gasteiger partial charge on any atom is -0.467 e. The minimum absolute atomic E-state index is 0.0156. The quantitative estimate of drug-likeness (QED) is 0.260. The van der Waals surface area contributed by atoms with Crippen molar-refractivity contribution in [2.75, 3.05) is 40.8 Å². The van der Waals surface area contributed by atoms with Crippen LogP contribution in [-0.4, -0.2) is 45.9 Å². The average Bonchev–Trinajstić information content (AvgIpc) is 2.72. The molecule has 7 heteroatoms. The Kier molecular flexibility index (Phi) is 16.9. The molecule has 0 spiro atoms. The normalized spacial score (nSPS) is 11.1. The topological polar surface area (TPSA) is 75.6 Å². The lowest BCUT2D eigenvalue weighted by Crippen LogP contribution is -2.11. The molecule has 162 valence electrons. The lowest BCUT2D eigenvalue weighted by Gasteiger charge is -2.09. The number of rotatable bonds is 20. The van der Waals surface area contributed by atoms with E-state index in [-0.39, 0.29) is 40.8 Å². The van der Waals surface area contributed by atoms with Crippen LogP contribution in [-0.2, 0) is 30.1 Å². The highest BCUT2D eigenvalue weighted by Crippen LogP contribution is 2.15. The molecule has 0 aliphatic heterocycles. The van der Waals surface area contributed by atoms with E-state index in [9.17, 15) is 0 Å². The first kappa shape index (κ1) is 24.8. The Morgan fingerprint density at radius 3 is 1.79 bits per heavy atom. The highest BCUT2D eigenvalue weighted by Gasteiger charge is 1.98. The lowest BCUT2D eigenvalue weighted by atomic mass is 10.0. The summed E-state index contributed by atoms with van der Waals surface area (Å²) in [6.45, 7) is 2.06. The molecule has 7 nitrogen and oxygen atoms in total. The molecule has 0 aromatic heterocycles. The molecule has 0 fully saturated rings. The van der Waals surface area contributed by atoms with Gasteiger partial charge >= 0.3 is 0 Å². The summed E-state index contributed by atoms with van der Waals surface area (Å²) in [4.78, 5) is 0. The third-order valence-electron chi connectivity index (χ3n) is 4.06. The predicted octanol–water partition coefficient (Wildman–Crippen LogP) is 4.18. The summed E-state index contributed by atoms with van der Waals surface area (Å²) < 4.78 is 30.2. The first-order valence-corrected chi connectivity index (χ1v) is 10.1. The summed E-state index contributed by atoms with van der Waals surface area (Å²) in [6.07, 6.45) is 10.4. The van der Waals surface area contributed by atoms with Gasteiger partial charge in [0.05, 0.1) is 0 Å². The number of hydrogen-bond acceptors (Lipinski definition) is 7. The molecule has 0 heterocycles. The van der Waals surface area contributed by atoms with Crippen molar-refractivity contribution in [3.05, 3.63) is 29.8 Å². The summed E-state index contributed by atoms with van der Waals surface area (Å²) >= 11 is 0. The third-order valence-corrected chi connectivity index (χ3v) is 4.06. The molecule has 0 atom stereocenters. The van der Waals surface area contributed by atoms with E-state index in [0.717, 1.165) is 12.2 Å². The molecule has 1 aromatic carbocycles. The number of benzene rings is 1. The van der Waals surface area contributed by atoms with Crippen molar-refractivity contribution < 1.29 is 33.5 Å². The lowest BCUT2D eigenvalue weighted by molar-refractivity contribution is -0.206. The molecule has 0 saturated heterocycles. The maximum atomic E-state index is 8.36. The van der Waals surface area contributed by atoms with Crippen molar-refractivity contribution in [1.82, 2.24) is 0 Å². The van der Waals surface area contributed by atoms with Gasteiger partial charge in [-0.25, -0.2) is 0 Å². The van der Waals surface area contributed by atoms with Crippen molar-refractivity contribution in [3.63, 3.8) is 0 Å². The highest BCUT2D eigenvalue weighted by atomic mass is 16.8. The van der Waals surface area contributed by atoms with Crippen LogP contribution in [0.2, 0.25) is 0 Å². The van der Waals surface area contributed by atoms with E-state index in [1.807, 2.05) is 12.1 Å². The maximum Gasteiger partial charge on any atom is 0.191 e. The molecular weight excluding hydrogens is 364 g/mol. The molecule has 0 unspecified atom stereocenters. The van der Waals surface area contributed by atoms with E-state index < -0.39 is 0 Å². The molecule has 0 aliphatic carbocycles. The van der Waals surface area contributed by atoms with Gasteiger partial charge in [-0.05, 0) is 30.5 Å². The maximum absolute atomic E-state index is 8.36. The Labute approximate surface area is 168 Å². The molecular formula is C21H36O7. The van der Waals surface area contributed by atoms with E-state index in [0.29, 0.717) is 0 Å². The van der Waals surface area contributed by atoms with Crippen molar-refractivity contribution in [2.45, 2.75) is 58.3 Å². The third kappa shape index (κ3) is 14.8. The van der Waals surface area contributed by atoms with Gasteiger partial charge < -0.3 is 33.5 Å². The van der Waals surface area contributed by atoms with Crippen LogP contribution in [0, 0.1) is 0 Å². The summed E-state index contributed by atoms with van der Waals surface area (Å²) in [5.74, 6) is 0.775. The second kappa shape index (κ2) is 19.1. The smallest absolute Gasteiger partial charge is 0.191 e. The first-order valence-electron chi connectivity index (χ1n) is 10.1. The highest BCUT2D eigenvalue weighted by molar-refractivity contribution is 5.27. The monoisotopic (exact) mass is 400 g/mol. The number of unbranched alkanes of at least 4 members (excludes halogenated alkanes) is 6. The van der Waals surface area contributed by atoms with E-state index in [2.05, 4.69) is 23.8 Å². The molecule has 0 aliphatic rings. The standard InChI is InChI=1S/C21H36O7/c1-2-3-4-5-6-7-8-9-20-10-12-21(13-11-20)28-19-27-18-26-17-25-16-24-15-23-14-22/h10-13,22H,2-9,14-19H2,1H3. The van der Waals surface area contributed by atoms with Gasteiger partial charge in [0.25, 0.3) is 0 Å². The zero-order valence-electron chi connectivity index (χ0n) is 17.1. The van der Waals surface area contributed by atoms with Crippen molar-refractivity contribution >= 4 is 0 Å². The van der Waals surface area contributed by atoms with E-state index >= 15 is 0 Å². The summed E-state index contributed by atoms with van der Waals surface area (Å²) in [6, 6.07) is 8.15. The Balaban J connectivity index is 1.93. The number of hydrogen-bond donors (Lipinski definition) is 1. The van der Waals surface area contributed by atoms with Crippen molar-refractivity contribution in [3.8, 4) is 5.75 Å². The first-order chi connectivity index (χ1) is 13.9. The molecule has 0 saturated carbocycles. The summed E-state index contributed by atoms with van der Waals surface area (Å²) in [7, 11) is 0. The number of ether oxygens (including phenoxy) is 6. The summed E-state index contributed by atoms with van der Waals surface area (Å²) in [5, 5.41) is 8.36. The van der Waals surface area contributed by atoms with Gasteiger partial charge in [0.2, 0.25) is 0 Å². The van der Waals surface area contributed by atoms with Gasteiger partial charge in [-0.1, -0.05) is 57.6 Å². The predicted molar refractivity (Wildman–Crippen MR) is 106 cm³/mol. The number of aliphatic hydroxyl groups excluding tert-OH is 1. The fourth-order valence-corrected chi connectivity index (χ4v) is 2.56. The molecule has 0 bridgehead atoms. The van der Waals surface area contributed by atoms with E-state index in [4.69, 9.17) is 28.8 Å². The Hall–Kier alpha value is -1.22. The Bertz CT molecular complexity index is 439. The van der Waals surface area contributed by atoms with Crippen LogP contribution in [0.3, 0.4) is 0 Å². The van der Waals surface area contributed by atoms with Crippen LogP contribution >= 0.6 is 0 Å². The van der Waals surface area contributed by atoms with Gasteiger partial charge in [-0.15, -0.1) is 0 Å². The van der Waals surface area contributed by atoms with Gasteiger partial charge in [0.1, 0.15) is 12.5 Å². The van der Waals surface area contributed by atoms with E-state index in [1.54, 1.807) is 0 Å². The van der Waals surface area contributed by atoms with Gasteiger partial charge in [-0.3, -0.25) is 0 Å². The molecule has 1 rings (SSSR count). The Morgan fingerprint density at radius 2 is 1.18 bits per heavy atom. The molecule has 28 heavy (non-hydrogen) atoms. The SMILES string of the molecule is CCCCCCCCCc1ccc(OCOCOCOCOCOCO)cc1. The zero-order valence-corrected chi connectivity index (χ0v) is 17.1. The minimum atomic E-state index is -0.383. The number of aliphatic hydroxyl groups is 1. The Morgan fingerprint density at radius 1 is 0.643 bits per heavy atom. The fourth-order valence-electron chi connectivity index (χ4n) is 2.56. The van der Waals surface area contributed by atoms with Gasteiger partial charge in [-0.2, -0.15) is 0 Å². The molecule has 0 amide bonds. The van der Waals surface area contributed by atoms with Gasteiger partial charge in [0, 0.05) is 0 Å². The molecule has 1 N–H and O–H groups in total. The zero-order chi connectivity index (χ0) is 20.1. The molecule has 0 radical (unpaired) electrons. The van der Waals surface area contributed by atoms with Crippen molar-refractivity contribution in [1.29, 1.82) is 0 Å². The largest absolute Gasteiger partial charge is 0.467 e. The summed E-state index contributed by atoms with van der Waals surface area (Å²) in [5.41, 5.74) is 1.34. The van der Waals surface area contributed by atoms with Crippen LogP contribution in [0.4, 0.5) is 0 Å². The average molecular weight is 401 g/mol. The second-order valence-electron chi connectivity index (χ2n) is 6.40. The second-order valence-corrected chi connectivity index (χ2v) is 6.40. The van der Waals surface area contributed by atoms with Crippen LogP contribution in [0.1, 0.15) is 57.4 Å². The van der Waals surface area contributed by atoms with Crippen molar-refractivity contribution in [2.24, 2.45) is 0 Å². The fraction of sp³-hybridized carbons (Fsp3) is 0.714. The van der Waals surface area contributed by atoms with Crippen LogP contribution in [0.5, 0.6) is 5.75 Å². The van der Waals surface area contributed by atoms with Crippen LogP contribution in [0.15, 0.2) is 24.3 Å². The van der Waals surface area contributed by atoms with E-state index in [1.165, 1.54) is 50.5 Å².